The zero-order valence-corrected chi connectivity index (χ0v) is 11.8. The molecule has 2 heterocycles. The lowest BCUT2D eigenvalue weighted by Crippen LogP contribution is -2.26. The van der Waals surface area contributed by atoms with E-state index in [1.807, 2.05) is 0 Å². The average molecular weight is 315 g/mol. The molecule has 1 amide bonds. The third-order valence-electron chi connectivity index (χ3n) is 2.42. The Morgan fingerprint density at radius 1 is 1.38 bits per heavy atom. The fourth-order valence-corrected chi connectivity index (χ4v) is 1.83. The standard InChI is InChI=1S/C11H10FN3O5S/c1-7-3-10(14-19-7)15(2)11(16)8-4-9(6-13-5-8)20-21(12,17)18/h3-6H,1-2H3. The number of hydrogen-bond acceptors (Lipinski definition) is 7. The van der Waals surface area contributed by atoms with Crippen molar-refractivity contribution in [1.29, 1.82) is 0 Å². The normalized spacial score (nSPS) is 11.2. The van der Waals surface area contributed by atoms with Gasteiger partial charge in [-0.2, -0.15) is 8.42 Å². The van der Waals surface area contributed by atoms with E-state index < -0.39 is 22.2 Å². The first-order valence-electron chi connectivity index (χ1n) is 5.57. The van der Waals surface area contributed by atoms with E-state index in [-0.39, 0.29) is 11.4 Å². The Kier molecular flexibility index (Phi) is 3.89. The Morgan fingerprint density at radius 3 is 2.67 bits per heavy atom. The molecule has 10 heteroatoms. The summed E-state index contributed by atoms with van der Waals surface area (Å²) in [6.45, 7) is 1.66. The van der Waals surface area contributed by atoms with Crippen LogP contribution in [0, 0.1) is 6.92 Å². The van der Waals surface area contributed by atoms with Gasteiger partial charge in [0.15, 0.2) is 11.6 Å². The van der Waals surface area contributed by atoms with E-state index in [0.29, 0.717) is 5.76 Å². The number of rotatable bonds is 4. The van der Waals surface area contributed by atoms with Crippen molar-refractivity contribution in [3.8, 4) is 5.75 Å². The molecule has 2 rings (SSSR count). The highest BCUT2D eigenvalue weighted by atomic mass is 32.3. The number of halogens is 1. The third kappa shape index (κ3) is 3.75. The predicted molar refractivity (Wildman–Crippen MR) is 68.9 cm³/mol. The Hall–Kier alpha value is -2.49. The molecule has 0 saturated carbocycles. The first-order valence-corrected chi connectivity index (χ1v) is 6.87. The molecule has 21 heavy (non-hydrogen) atoms. The van der Waals surface area contributed by atoms with Crippen LogP contribution in [0.3, 0.4) is 0 Å². The summed E-state index contributed by atoms with van der Waals surface area (Å²) in [6.07, 6.45) is 2.15. The second-order valence-electron chi connectivity index (χ2n) is 4.05. The largest absolute Gasteiger partial charge is 0.488 e. The van der Waals surface area contributed by atoms with Crippen LogP contribution >= 0.6 is 0 Å². The van der Waals surface area contributed by atoms with Crippen LogP contribution in [0.15, 0.2) is 29.0 Å². The Bertz CT molecular complexity index is 774. The molecule has 2 aromatic heterocycles. The summed E-state index contributed by atoms with van der Waals surface area (Å²) in [7, 11) is -3.74. The molecule has 0 saturated heterocycles. The van der Waals surface area contributed by atoms with Crippen LogP contribution < -0.4 is 9.08 Å². The number of hydrogen-bond donors (Lipinski definition) is 0. The third-order valence-corrected chi connectivity index (χ3v) is 2.81. The number of carbonyl (C=O) groups is 1. The Labute approximate surface area is 119 Å². The minimum atomic E-state index is -5.18. The number of carbonyl (C=O) groups excluding carboxylic acids is 1. The predicted octanol–water partition coefficient (Wildman–Crippen LogP) is 1.25. The molecule has 0 fully saturated rings. The minimum Gasteiger partial charge on any atom is -0.360 e. The van der Waals surface area contributed by atoms with Crippen LogP contribution in [0.1, 0.15) is 16.1 Å². The summed E-state index contributed by atoms with van der Waals surface area (Å²) < 4.78 is 42.1. The molecular formula is C11H10FN3O5S. The van der Waals surface area contributed by atoms with Gasteiger partial charge < -0.3 is 8.71 Å². The molecule has 0 spiro atoms. The SMILES string of the molecule is Cc1cc(N(C)C(=O)c2cncc(OS(=O)(=O)F)c2)no1. The van der Waals surface area contributed by atoms with Gasteiger partial charge in [0, 0.05) is 19.3 Å². The van der Waals surface area contributed by atoms with Gasteiger partial charge >= 0.3 is 10.5 Å². The molecule has 0 unspecified atom stereocenters. The molecule has 0 aromatic carbocycles. The van der Waals surface area contributed by atoms with Crippen LogP contribution in [-0.4, -0.2) is 31.5 Å². The second-order valence-corrected chi connectivity index (χ2v) is 5.00. The van der Waals surface area contributed by atoms with Gasteiger partial charge in [-0.25, -0.2) is 0 Å². The highest BCUT2D eigenvalue weighted by molar-refractivity contribution is 7.81. The van der Waals surface area contributed by atoms with E-state index in [0.717, 1.165) is 12.3 Å². The fourth-order valence-electron chi connectivity index (χ4n) is 1.51. The molecule has 0 aliphatic rings. The van der Waals surface area contributed by atoms with E-state index in [4.69, 9.17) is 4.52 Å². The van der Waals surface area contributed by atoms with Gasteiger partial charge in [0.25, 0.3) is 5.91 Å². The zero-order chi connectivity index (χ0) is 15.6. The van der Waals surface area contributed by atoms with Crippen molar-refractivity contribution < 1.29 is 25.8 Å². The van der Waals surface area contributed by atoms with Crippen LogP contribution in [0.25, 0.3) is 0 Å². The number of aryl methyl sites for hydroxylation is 1. The number of aromatic nitrogens is 2. The molecule has 0 atom stereocenters. The van der Waals surface area contributed by atoms with Gasteiger partial charge in [-0.05, 0) is 13.0 Å². The van der Waals surface area contributed by atoms with Crippen LogP contribution in [-0.2, 0) is 10.5 Å². The average Bonchev–Trinajstić information content (AvgIpc) is 2.82. The van der Waals surface area contributed by atoms with E-state index >= 15 is 0 Å². The smallest absolute Gasteiger partial charge is 0.360 e. The second kappa shape index (κ2) is 5.48. The molecule has 0 bridgehead atoms. The van der Waals surface area contributed by atoms with Crippen molar-refractivity contribution in [3.63, 3.8) is 0 Å². The highest BCUT2D eigenvalue weighted by Crippen LogP contribution is 2.18. The summed E-state index contributed by atoms with van der Waals surface area (Å²) in [5.41, 5.74) is -0.000645. The van der Waals surface area contributed by atoms with Crippen molar-refractivity contribution in [1.82, 2.24) is 10.1 Å². The fraction of sp³-hybridized carbons (Fsp3) is 0.182. The molecule has 2 aromatic rings. The monoisotopic (exact) mass is 315 g/mol. The first-order chi connectivity index (χ1) is 9.76. The van der Waals surface area contributed by atoms with Gasteiger partial charge in [0.2, 0.25) is 0 Å². The number of pyridine rings is 1. The van der Waals surface area contributed by atoms with E-state index in [2.05, 4.69) is 14.3 Å². The maximum absolute atomic E-state index is 12.4. The maximum atomic E-state index is 12.4. The summed E-state index contributed by atoms with van der Waals surface area (Å²) in [4.78, 5) is 17.0. The molecule has 0 aliphatic carbocycles. The van der Waals surface area contributed by atoms with E-state index in [9.17, 15) is 17.1 Å². The van der Waals surface area contributed by atoms with Crippen LogP contribution in [0.4, 0.5) is 9.70 Å². The van der Waals surface area contributed by atoms with Crippen LogP contribution in [0.2, 0.25) is 0 Å². The Balaban J connectivity index is 2.25. The Morgan fingerprint density at radius 2 is 2.10 bits per heavy atom. The van der Waals surface area contributed by atoms with Crippen molar-refractivity contribution in [3.05, 3.63) is 35.9 Å². The van der Waals surface area contributed by atoms with Crippen LogP contribution in [0.5, 0.6) is 5.75 Å². The lowest BCUT2D eigenvalue weighted by Gasteiger charge is -2.13. The summed E-state index contributed by atoms with van der Waals surface area (Å²) in [5, 5.41) is 3.67. The van der Waals surface area contributed by atoms with Crippen molar-refractivity contribution in [2.75, 3.05) is 11.9 Å². The zero-order valence-electron chi connectivity index (χ0n) is 11.0. The van der Waals surface area contributed by atoms with Gasteiger partial charge in [0.05, 0.1) is 11.8 Å². The molecule has 0 N–H and O–H groups in total. The van der Waals surface area contributed by atoms with Crippen molar-refractivity contribution in [2.45, 2.75) is 6.92 Å². The molecule has 112 valence electrons. The quantitative estimate of drug-likeness (QED) is 0.782. The van der Waals surface area contributed by atoms with Crippen molar-refractivity contribution >= 4 is 22.2 Å². The van der Waals surface area contributed by atoms with Crippen molar-refractivity contribution in [2.24, 2.45) is 0 Å². The summed E-state index contributed by atoms with van der Waals surface area (Å²) >= 11 is 0. The summed E-state index contributed by atoms with van der Waals surface area (Å²) in [5.74, 6) is -0.170. The number of anilines is 1. The van der Waals surface area contributed by atoms with Gasteiger partial charge in [-0.3, -0.25) is 14.7 Å². The van der Waals surface area contributed by atoms with E-state index in [1.54, 1.807) is 6.92 Å². The molecular weight excluding hydrogens is 305 g/mol. The first kappa shape index (κ1) is 14.9. The molecule has 8 nitrogen and oxygen atoms in total. The van der Waals surface area contributed by atoms with E-state index in [1.165, 1.54) is 24.2 Å². The highest BCUT2D eigenvalue weighted by Gasteiger charge is 2.19. The van der Waals surface area contributed by atoms with Gasteiger partial charge in [0.1, 0.15) is 5.76 Å². The minimum absolute atomic E-state index is 0.000645. The maximum Gasteiger partial charge on any atom is 0.488 e. The molecule has 0 radical (unpaired) electrons. The topological polar surface area (TPSA) is 103 Å². The number of amides is 1. The van der Waals surface area contributed by atoms with Gasteiger partial charge in [-0.1, -0.05) is 9.04 Å². The summed E-state index contributed by atoms with van der Waals surface area (Å²) in [6, 6.07) is 2.59. The number of nitrogens with zero attached hydrogens (tertiary/aromatic N) is 3. The lowest BCUT2D eigenvalue weighted by atomic mass is 10.2. The lowest BCUT2D eigenvalue weighted by molar-refractivity contribution is 0.0990. The molecule has 0 aliphatic heterocycles. The van der Waals surface area contributed by atoms with Gasteiger partial charge in [-0.15, -0.1) is 0 Å².